The minimum Gasteiger partial charge on any atom is -0.385 e. The number of aromatic nitrogens is 2. The summed E-state index contributed by atoms with van der Waals surface area (Å²) in [6.45, 7) is 3.82. The number of nitrogens with zero attached hydrogens (tertiary/aromatic N) is 4. The van der Waals surface area contributed by atoms with Gasteiger partial charge in [0.05, 0.1) is 12.4 Å². The summed E-state index contributed by atoms with van der Waals surface area (Å²) in [5.41, 5.74) is 2.21. The summed E-state index contributed by atoms with van der Waals surface area (Å²) in [7, 11) is 0. The normalized spacial score (nSPS) is 18.7. The Kier molecular flexibility index (Phi) is 4.58. The maximum Gasteiger partial charge on any atom is 0.285 e. The van der Waals surface area contributed by atoms with Gasteiger partial charge in [-0.2, -0.15) is 10.1 Å². The Labute approximate surface area is 168 Å². The molecule has 1 aromatic heterocycles. The van der Waals surface area contributed by atoms with Crippen LogP contribution in [0.1, 0.15) is 18.5 Å². The van der Waals surface area contributed by atoms with Crippen molar-refractivity contribution in [3.8, 4) is 0 Å². The highest BCUT2D eigenvalue weighted by molar-refractivity contribution is 7.97. The molecule has 0 saturated heterocycles. The molecule has 3 heterocycles. The van der Waals surface area contributed by atoms with Gasteiger partial charge in [-0.25, -0.2) is 0 Å². The van der Waals surface area contributed by atoms with E-state index in [-0.39, 0.29) is 0 Å². The highest BCUT2D eigenvalue weighted by Crippen LogP contribution is 2.31. The predicted octanol–water partition coefficient (Wildman–Crippen LogP) is 3.80. The Bertz CT molecular complexity index is 940. The maximum atomic E-state index is 4.50. The highest BCUT2D eigenvalue weighted by atomic mass is 32.2. The van der Waals surface area contributed by atoms with E-state index in [2.05, 4.69) is 65.5 Å². The molecule has 7 nitrogen and oxygen atoms in total. The van der Waals surface area contributed by atoms with Gasteiger partial charge in [-0.3, -0.25) is 14.7 Å². The molecule has 1 fully saturated rings. The van der Waals surface area contributed by atoms with Gasteiger partial charge in [0.1, 0.15) is 6.54 Å². The number of rotatable bonds is 7. The molecule has 0 unspecified atom stereocenters. The molecule has 1 radical (unpaired) electrons. The number of fused-ring (bicyclic) bond motifs is 1. The number of aliphatic imine (C=N–C) groups is 1. The molecule has 0 atom stereocenters. The first kappa shape index (κ1) is 17.4. The van der Waals surface area contributed by atoms with Crippen molar-refractivity contribution in [3.63, 3.8) is 0 Å². The number of amidine groups is 1. The zero-order valence-electron chi connectivity index (χ0n) is 15.7. The van der Waals surface area contributed by atoms with Crippen LogP contribution >= 0.6 is 11.9 Å². The molecular formula is C20H23N7S+. The third-order valence-electron chi connectivity index (χ3n) is 4.87. The molecule has 1 aliphatic carbocycles. The number of hydrogen-bond acceptors (Lipinski definition) is 7. The molecule has 5 rings (SSSR count). The van der Waals surface area contributed by atoms with Crippen molar-refractivity contribution >= 4 is 29.3 Å². The van der Waals surface area contributed by atoms with Gasteiger partial charge in [0, 0.05) is 28.9 Å². The molecule has 0 spiro atoms. The zero-order chi connectivity index (χ0) is 18.9. The zero-order valence-corrected chi connectivity index (χ0v) is 16.5. The highest BCUT2D eigenvalue weighted by Gasteiger charge is 2.37. The van der Waals surface area contributed by atoms with E-state index in [1.165, 1.54) is 23.4 Å². The second-order valence-corrected chi connectivity index (χ2v) is 8.43. The number of anilines is 2. The van der Waals surface area contributed by atoms with E-state index in [0.717, 1.165) is 42.2 Å². The molecule has 28 heavy (non-hydrogen) atoms. The van der Waals surface area contributed by atoms with Gasteiger partial charge < -0.3 is 5.32 Å². The summed E-state index contributed by atoms with van der Waals surface area (Å²) in [5, 5.41) is 14.1. The SMILES string of the molecule is Cc1cc(NC2=CN(Sc3ccc(NCC4CC4)cc3)CC3=NC=C[N+]23)n[nH]1. The molecule has 0 amide bonds. The van der Waals surface area contributed by atoms with Crippen LogP contribution in [-0.4, -0.2) is 33.4 Å². The monoisotopic (exact) mass is 393 g/mol. The number of hydrogen-bond donors (Lipinski definition) is 3. The summed E-state index contributed by atoms with van der Waals surface area (Å²) in [6, 6.07) is 10.6. The van der Waals surface area contributed by atoms with Crippen molar-refractivity contribution in [2.24, 2.45) is 10.9 Å². The molecule has 8 heteroatoms. The fourth-order valence-electron chi connectivity index (χ4n) is 3.17. The van der Waals surface area contributed by atoms with Crippen molar-refractivity contribution in [2.45, 2.75) is 24.7 Å². The van der Waals surface area contributed by atoms with E-state index in [0.29, 0.717) is 0 Å². The van der Waals surface area contributed by atoms with Crippen LogP contribution in [0.5, 0.6) is 0 Å². The fourth-order valence-corrected chi connectivity index (χ4v) is 4.03. The van der Waals surface area contributed by atoms with E-state index in [1.54, 1.807) is 11.9 Å². The maximum absolute atomic E-state index is 4.50. The smallest absolute Gasteiger partial charge is 0.285 e. The van der Waals surface area contributed by atoms with E-state index in [4.69, 9.17) is 0 Å². The number of H-pyrrole nitrogens is 1. The van der Waals surface area contributed by atoms with E-state index >= 15 is 0 Å². The summed E-state index contributed by atoms with van der Waals surface area (Å²) in [6.07, 6.45) is 8.63. The molecule has 3 aliphatic rings. The second-order valence-electron chi connectivity index (χ2n) is 7.30. The van der Waals surface area contributed by atoms with Crippen LogP contribution in [0.25, 0.3) is 0 Å². The Hall–Kier alpha value is -2.71. The van der Waals surface area contributed by atoms with E-state index in [1.807, 2.05) is 25.4 Å². The molecule has 0 bridgehead atoms. The van der Waals surface area contributed by atoms with E-state index in [9.17, 15) is 0 Å². The van der Waals surface area contributed by atoms with Gasteiger partial charge in [-0.15, -0.1) is 0 Å². The van der Waals surface area contributed by atoms with Crippen molar-refractivity contribution < 1.29 is 0 Å². The standard InChI is InChI=1S/C20H23N7S/c1-14-10-18(25-24-14)23-20-13-26(12-19-21-8-9-27(19)20)28-17-6-4-16(5-7-17)22-11-15-2-3-15/h4-10,13,15,22H,2-3,11-12H2,1H3,(H2,23,24,25)/q+1. The second kappa shape index (κ2) is 7.37. The van der Waals surface area contributed by atoms with Crippen molar-refractivity contribution in [1.82, 2.24) is 19.4 Å². The lowest BCUT2D eigenvalue weighted by atomic mass is 10.3. The topological polar surface area (TPSA) is 74.2 Å². The van der Waals surface area contributed by atoms with Crippen LogP contribution in [0, 0.1) is 12.8 Å². The fraction of sp³-hybridized carbons (Fsp3) is 0.300. The average Bonchev–Trinajstić information content (AvgIpc) is 3.25. The molecule has 1 saturated carbocycles. The Balaban J connectivity index is 1.28. The van der Waals surface area contributed by atoms with Crippen LogP contribution < -0.4 is 15.5 Å². The quantitative estimate of drug-likeness (QED) is 0.493. The van der Waals surface area contributed by atoms with Crippen molar-refractivity contribution in [3.05, 3.63) is 60.4 Å². The summed E-state index contributed by atoms with van der Waals surface area (Å²) >= 11 is 1.70. The Morgan fingerprint density at radius 1 is 1.29 bits per heavy atom. The lowest BCUT2D eigenvalue weighted by Gasteiger charge is -2.24. The first-order chi connectivity index (χ1) is 13.7. The van der Waals surface area contributed by atoms with Crippen LogP contribution in [0.3, 0.4) is 0 Å². The lowest BCUT2D eigenvalue weighted by molar-refractivity contribution is 0.634. The number of aryl methyl sites for hydroxylation is 1. The van der Waals surface area contributed by atoms with Crippen LogP contribution in [-0.2, 0) is 0 Å². The van der Waals surface area contributed by atoms with Gasteiger partial charge in [-0.05, 0) is 66.8 Å². The van der Waals surface area contributed by atoms with E-state index < -0.39 is 0 Å². The first-order valence-corrected chi connectivity index (χ1v) is 10.3. The lowest BCUT2D eigenvalue weighted by Crippen LogP contribution is -2.42. The Morgan fingerprint density at radius 3 is 2.89 bits per heavy atom. The van der Waals surface area contributed by atoms with Gasteiger partial charge in [0.2, 0.25) is 0 Å². The van der Waals surface area contributed by atoms with Crippen LogP contribution in [0.15, 0.2) is 64.6 Å². The third kappa shape index (κ3) is 3.93. The first-order valence-electron chi connectivity index (χ1n) is 9.55. The van der Waals surface area contributed by atoms with Crippen LogP contribution in [0.4, 0.5) is 11.5 Å². The molecule has 3 N–H and O–H groups in total. The predicted molar refractivity (Wildman–Crippen MR) is 114 cm³/mol. The molecule has 2 aromatic rings. The van der Waals surface area contributed by atoms with Gasteiger partial charge in [-0.1, -0.05) is 0 Å². The number of nitrogens with one attached hydrogen (secondary N) is 3. The summed E-state index contributed by atoms with van der Waals surface area (Å²) < 4.78 is 2.19. The van der Waals surface area contributed by atoms with Crippen molar-refractivity contribution in [1.29, 1.82) is 0 Å². The van der Waals surface area contributed by atoms with Gasteiger partial charge in [0.25, 0.3) is 11.7 Å². The molecule has 143 valence electrons. The minimum absolute atomic E-state index is 0.740. The average molecular weight is 394 g/mol. The molecule has 2 aliphatic heterocycles. The largest absolute Gasteiger partial charge is 0.385 e. The number of benzene rings is 1. The van der Waals surface area contributed by atoms with Gasteiger partial charge >= 0.3 is 0 Å². The number of aromatic amines is 1. The molecule has 1 aromatic carbocycles. The molecular weight excluding hydrogens is 370 g/mol. The summed E-state index contributed by atoms with van der Waals surface area (Å²) in [4.78, 5) is 7.75. The minimum atomic E-state index is 0.740. The third-order valence-corrected chi connectivity index (χ3v) is 5.82. The Morgan fingerprint density at radius 2 is 2.14 bits per heavy atom. The van der Waals surface area contributed by atoms with Crippen LogP contribution in [0.2, 0.25) is 0 Å². The summed E-state index contributed by atoms with van der Waals surface area (Å²) in [5.74, 6) is 3.59. The van der Waals surface area contributed by atoms with Gasteiger partial charge in [0.15, 0.2) is 12.0 Å². The van der Waals surface area contributed by atoms with Crippen molar-refractivity contribution in [2.75, 3.05) is 23.7 Å².